The SMILES string of the molecule is C=C1/C=C\C=C/Cc2ccc(N(c3ccc(-c4ccccc4C)c(C)c3-c3ccccc3C)c3cccc4c3c3ccccc3n4-c3ccccc3)cc2-c2ccccc21. The zero-order valence-electron chi connectivity index (χ0n) is 34.4. The minimum atomic E-state index is 0.819. The Labute approximate surface area is 353 Å². The normalized spacial score (nSPS) is 13.5. The van der Waals surface area contributed by atoms with Crippen LogP contribution in [0.2, 0.25) is 0 Å². The van der Waals surface area contributed by atoms with Crippen molar-refractivity contribution in [3.63, 3.8) is 0 Å². The maximum atomic E-state index is 4.51. The fourth-order valence-corrected chi connectivity index (χ4v) is 9.36. The van der Waals surface area contributed by atoms with E-state index in [9.17, 15) is 0 Å². The largest absolute Gasteiger partial charge is 0.309 e. The van der Waals surface area contributed by atoms with Gasteiger partial charge in [-0.2, -0.15) is 0 Å². The van der Waals surface area contributed by atoms with Gasteiger partial charge in [0.05, 0.1) is 22.4 Å². The summed E-state index contributed by atoms with van der Waals surface area (Å²) in [6.45, 7) is 11.3. The molecule has 0 atom stereocenters. The van der Waals surface area contributed by atoms with Crippen molar-refractivity contribution < 1.29 is 0 Å². The number of aryl methyl sites for hydroxylation is 2. The zero-order valence-corrected chi connectivity index (χ0v) is 34.4. The van der Waals surface area contributed by atoms with Crippen molar-refractivity contribution >= 4 is 44.4 Å². The second-order valence-electron chi connectivity index (χ2n) is 15.9. The van der Waals surface area contributed by atoms with E-state index in [2.05, 4.69) is 237 Å². The molecule has 2 nitrogen and oxygen atoms in total. The Balaban J connectivity index is 1.33. The number of rotatable bonds is 6. The molecule has 60 heavy (non-hydrogen) atoms. The molecule has 0 saturated heterocycles. The molecule has 8 aromatic carbocycles. The van der Waals surface area contributed by atoms with E-state index in [0.717, 1.165) is 45.8 Å². The molecule has 1 aliphatic carbocycles. The van der Waals surface area contributed by atoms with Crippen LogP contribution in [0, 0.1) is 20.8 Å². The van der Waals surface area contributed by atoms with Crippen LogP contribution in [0.25, 0.3) is 66.4 Å². The molecule has 0 bridgehead atoms. The first-order valence-electron chi connectivity index (χ1n) is 20.9. The van der Waals surface area contributed by atoms with Gasteiger partial charge in [-0.05, 0) is 137 Å². The Morgan fingerprint density at radius 1 is 0.500 bits per heavy atom. The number of hydrogen-bond acceptors (Lipinski definition) is 1. The lowest BCUT2D eigenvalue weighted by atomic mass is 9.87. The van der Waals surface area contributed by atoms with Gasteiger partial charge in [0.15, 0.2) is 0 Å². The second kappa shape index (κ2) is 15.4. The van der Waals surface area contributed by atoms with Crippen LogP contribution in [0.15, 0.2) is 207 Å². The summed E-state index contributed by atoms with van der Waals surface area (Å²) in [7, 11) is 0. The van der Waals surface area contributed by atoms with E-state index in [1.165, 1.54) is 71.9 Å². The summed E-state index contributed by atoms with van der Waals surface area (Å²) in [6.07, 6.45) is 9.42. The lowest BCUT2D eigenvalue weighted by Crippen LogP contribution is -2.13. The summed E-state index contributed by atoms with van der Waals surface area (Å²) in [5.74, 6) is 0. The number of benzene rings is 8. The Morgan fingerprint density at radius 2 is 1.17 bits per heavy atom. The van der Waals surface area contributed by atoms with Crippen LogP contribution in [0.4, 0.5) is 17.1 Å². The van der Waals surface area contributed by atoms with Crippen LogP contribution in [-0.2, 0) is 6.42 Å². The molecule has 0 fully saturated rings. The van der Waals surface area contributed by atoms with Crippen LogP contribution in [-0.4, -0.2) is 4.57 Å². The number of hydrogen-bond donors (Lipinski definition) is 0. The first-order chi connectivity index (χ1) is 29.5. The van der Waals surface area contributed by atoms with Gasteiger partial charge < -0.3 is 9.47 Å². The van der Waals surface area contributed by atoms with Crippen molar-refractivity contribution in [1.82, 2.24) is 4.57 Å². The van der Waals surface area contributed by atoms with Gasteiger partial charge in [-0.3, -0.25) is 0 Å². The molecule has 0 saturated carbocycles. The number of nitrogens with zero attached hydrogens (tertiary/aromatic N) is 2. The molecule has 10 rings (SSSR count). The lowest BCUT2D eigenvalue weighted by molar-refractivity contribution is 1.18. The van der Waals surface area contributed by atoms with E-state index < -0.39 is 0 Å². The highest BCUT2D eigenvalue weighted by molar-refractivity contribution is 6.17. The molecule has 0 spiro atoms. The lowest BCUT2D eigenvalue weighted by Gasteiger charge is -2.31. The molecule has 0 aliphatic heterocycles. The molecule has 1 aromatic heterocycles. The number of allylic oxidation sites excluding steroid dienone is 5. The number of aromatic nitrogens is 1. The zero-order chi connectivity index (χ0) is 40.7. The molecular formula is C58H46N2. The number of para-hydroxylation sites is 2. The van der Waals surface area contributed by atoms with Gasteiger partial charge in [-0.25, -0.2) is 0 Å². The average molecular weight is 771 g/mol. The van der Waals surface area contributed by atoms with Crippen LogP contribution >= 0.6 is 0 Å². The molecule has 2 heteroatoms. The van der Waals surface area contributed by atoms with Crippen molar-refractivity contribution in [2.75, 3.05) is 4.90 Å². The third kappa shape index (κ3) is 6.29. The standard InChI is InChI=1S/C58H46N2/c1-39-21-11-13-26-46(39)49-36-37-56(57(42(49)4)48-28-14-12-22-41(48)3)60(45-35-34-43-23-8-5-7-20-40(2)47-27-15-16-29-50(47)52(43)38-45)55-33-19-32-54-58(55)51-30-17-18-31-53(51)59(54)44-24-9-6-10-25-44/h5-22,24-38H,2,23H2,1,3-4H3/b8-5-,20-7-. The number of fused-ring (bicyclic) bond motifs is 6. The predicted octanol–water partition coefficient (Wildman–Crippen LogP) is 15.9. The fraction of sp³-hybridized carbons (Fsp3) is 0.0690. The van der Waals surface area contributed by atoms with Gasteiger partial charge in [-0.15, -0.1) is 0 Å². The molecule has 0 amide bonds. The topological polar surface area (TPSA) is 8.17 Å². The minimum absolute atomic E-state index is 0.819. The quantitative estimate of drug-likeness (QED) is 0.163. The first-order valence-corrected chi connectivity index (χ1v) is 20.9. The van der Waals surface area contributed by atoms with Gasteiger partial charge >= 0.3 is 0 Å². The predicted molar refractivity (Wildman–Crippen MR) is 257 cm³/mol. The van der Waals surface area contributed by atoms with Gasteiger partial charge in [0.2, 0.25) is 0 Å². The highest BCUT2D eigenvalue weighted by Gasteiger charge is 2.26. The van der Waals surface area contributed by atoms with E-state index in [0.29, 0.717) is 0 Å². The van der Waals surface area contributed by atoms with Crippen molar-refractivity contribution in [1.29, 1.82) is 0 Å². The molecule has 0 radical (unpaired) electrons. The Morgan fingerprint density at radius 3 is 1.95 bits per heavy atom. The van der Waals surface area contributed by atoms with Crippen molar-refractivity contribution in [3.8, 4) is 39.1 Å². The van der Waals surface area contributed by atoms with E-state index in [1.54, 1.807) is 0 Å². The summed E-state index contributed by atoms with van der Waals surface area (Å²) in [6, 6.07) is 64.5. The second-order valence-corrected chi connectivity index (χ2v) is 15.9. The molecule has 9 aromatic rings. The Bertz CT molecular complexity index is 3170. The minimum Gasteiger partial charge on any atom is -0.309 e. The maximum absolute atomic E-state index is 4.51. The molecular weight excluding hydrogens is 725 g/mol. The van der Waals surface area contributed by atoms with E-state index >= 15 is 0 Å². The number of anilines is 3. The maximum Gasteiger partial charge on any atom is 0.0562 e. The van der Waals surface area contributed by atoms with Crippen molar-refractivity contribution in [2.45, 2.75) is 27.2 Å². The van der Waals surface area contributed by atoms with Gasteiger partial charge in [-0.1, -0.05) is 158 Å². The summed E-state index contributed by atoms with van der Waals surface area (Å²) >= 11 is 0. The van der Waals surface area contributed by atoms with Crippen LogP contribution < -0.4 is 4.90 Å². The molecule has 1 heterocycles. The molecule has 0 N–H and O–H groups in total. The van der Waals surface area contributed by atoms with Crippen LogP contribution in [0.1, 0.15) is 27.8 Å². The van der Waals surface area contributed by atoms with E-state index in [-0.39, 0.29) is 0 Å². The third-order valence-corrected chi connectivity index (χ3v) is 12.3. The summed E-state index contributed by atoms with van der Waals surface area (Å²) in [5.41, 5.74) is 21.3. The third-order valence-electron chi connectivity index (χ3n) is 12.3. The Hall–Kier alpha value is -7.42. The summed E-state index contributed by atoms with van der Waals surface area (Å²) in [4.78, 5) is 2.53. The van der Waals surface area contributed by atoms with E-state index in [4.69, 9.17) is 0 Å². The Kier molecular flexibility index (Phi) is 9.47. The highest BCUT2D eigenvalue weighted by atomic mass is 15.2. The van der Waals surface area contributed by atoms with Crippen LogP contribution in [0.5, 0.6) is 0 Å². The monoisotopic (exact) mass is 770 g/mol. The smallest absolute Gasteiger partial charge is 0.0562 e. The van der Waals surface area contributed by atoms with Gasteiger partial charge in [0, 0.05) is 27.7 Å². The average Bonchev–Trinajstić information content (AvgIpc) is 3.63. The van der Waals surface area contributed by atoms with Gasteiger partial charge in [0.1, 0.15) is 0 Å². The molecule has 288 valence electrons. The first kappa shape index (κ1) is 36.9. The molecule has 0 unspecified atom stereocenters. The van der Waals surface area contributed by atoms with E-state index in [1.807, 2.05) is 0 Å². The van der Waals surface area contributed by atoms with Crippen molar-refractivity contribution in [2.24, 2.45) is 0 Å². The highest BCUT2D eigenvalue weighted by Crippen LogP contribution is 2.50. The summed E-state index contributed by atoms with van der Waals surface area (Å²) < 4.78 is 2.41. The van der Waals surface area contributed by atoms with Gasteiger partial charge in [0.25, 0.3) is 0 Å². The van der Waals surface area contributed by atoms with Crippen LogP contribution in [0.3, 0.4) is 0 Å². The summed E-state index contributed by atoms with van der Waals surface area (Å²) in [5, 5.41) is 2.41. The molecule has 1 aliphatic rings. The fourth-order valence-electron chi connectivity index (χ4n) is 9.36. The van der Waals surface area contributed by atoms with Crippen molar-refractivity contribution in [3.05, 3.63) is 235 Å².